The summed E-state index contributed by atoms with van der Waals surface area (Å²) in [6.07, 6.45) is 74.1. The van der Waals surface area contributed by atoms with Gasteiger partial charge in [0.05, 0.1) is 13.2 Å². The molecule has 0 saturated carbocycles. The molecular weight excluding hydrogens is 954 g/mol. The molecule has 2 unspecified atom stereocenters. The normalized spacial score (nSPS) is 13.1. The number of rotatable bonds is 63. The molecule has 0 aromatic heterocycles. The molecule has 0 saturated heterocycles. The van der Waals surface area contributed by atoms with Crippen molar-refractivity contribution in [1.29, 1.82) is 0 Å². The average molecular weight is 1080 g/mol. The van der Waals surface area contributed by atoms with Crippen LogP contribution in [0.15, 0.2) is 24.3 Å². The standard InChI is InChI=1S/C65H126NO8P/c1-3-5-7-9-11-13-15-17-19-21-23-25-26-27-28-29-30-31-32-33-34-35-36-38-40-42-44-46-48-50-52-54-56-58-65(68)74-63(62-73-75(69,70)72-60-59-66)61-71-64(67)57-55-53-51-49-47-45-43-41-39-37-24-22-20-18-16-14-12-10-8-6-4-2/h15,17,21,23,63H,3-14,16,18-20,22,24-62,66H2,1-2H3,(H,69,70)/b17-15-,23-21-. The highest BCUT2D eigenvalue weighted by molar-refractivity contribution is 7.47. The first-order valence-corrected chi connectivity index (χ1v) is 34.3. The van der Waals surface area contributed by atoms with Crippen LogP contribution in [0.25, 0.3) is 0 Å². The minimum Gasteiger partial charge on any atom is -0.462 e. The first kappa shape index (κ1) is 73.5. The van der Waals surface area contributed by atoms with Gasteiger partial charge >= 0.3 is 19.8 Å². The summed E-state index contributed by atoms with van der Waals surface area (Å²) in [5.41, 5.74) is 5.39. The number of unbranched alkanes of at least 4 members (excludes halogenated alkanes) is 46. The number of nitrogens with two attached hydrogens (primary N) is 1. The molecule has 0 aliphatic rings. The Morgan fingerprint density at radius 2 is 0.693 bits per heavy atom. The minimum atomic E-state index is -4.38. The Labute approximate surface area is 465 Å². The van der Waals surface area contributed by atoms with E-state index in [0.29, 0.717) is 6.42 Å². The lowest BCUT2D eigenvalue weighted by atomic mass is 10.0. The number of phosphoric ester groups is 1. The van der Waals surface area contributed by atoms with Gasteiger partial charge in [-0.2, -0.15) is 0 Å². The van der Waals surface area contributed by atoms with Crippen LogP contribution in [0.1, 0.15) is 348 Å². The summed E-state index contributed by atoms with van der Waals surface area (Å²) in [6, 6.07) is 0. The van der Waals surface area contributed by atoms with Crippen molar-refractivity contribution < 1.29 is 37.6 Å². The quantitative estimate of drug-likeness (QED) is 0.0264. The van der Waals surface area contributed by atoms with Gasteiger partial charge in [0.15, 0.2) is 6.10 Å². The second kappa shape index (κ2) is 61.7. The summed E-state index contributed by atoms with van der Waals surface area (Å²) in [4.78, 5) is 35.3. The van der Waals surface area contributed by atoms with Crippen molar-refractivity contribution in [2.45, 2.75) is 354 Å². The van der Waals surface area contributed by atoms with Crippen molar-refractivity contribution in [3.05, 3.63) is 24.3 Å². The Balaban J connectivity index is 3.83. The molecule has 0 bridgehead atoms. The zero-order valence-electron chi connectivity index (χ0n) is 49.8. The molecule has 444 valence electrons. The van der Waals surface area contributed by atoms with Gasteiger partial charge < -0.3 is 20.1 Å². The zero-order valence-corrected chi connectivity index (χ0v) is 50.7. The molecule has 0 fully saturated rings. The van der Waals surface area contributed by atoms with E-state index in [1.54, 1.807) is 0 Å². The molecule has 0 aliphatic carbocycles. The third kappa shape index (κ3) is 61.6. The number of carbonyl (C=O) groups excluding carboxylic acids is 2. The molecule has 3 N–H and O–H groups in total. The van der Waals surface area contributed by atoms with Crippen LogP contribution in [0, 0.1) is 0 Å². The highest BCUT2D eigenvalue weighted by atomic mass is 31.2. The number of hydrogen-bond acceptors (Lipinski definition) is 8. The van der Waals surface area contributed by atoms with Gasteiger partial charge in [0.1, 0.15) is 6.61 Å². The van der Waals surface area contributed by atoms with Crippen molar-refractivity contribution in [3.8, 4) is 0 Å². The molecule has 0 rings (SSSR count). The number of hydrogen-bond donors (Lipinski definition) is 2. The number of phosphoric acid groups is 1. The van der Waals surface area contributed by atoms with Crippen molar-refractivity contribution in [2.24, 2.45) is 5.73 Å². The third-order valence-corrected chi connectivity index (χ3v) is 15.8. The summed E-state index contributed by atoms with van der Waals surface area (Å²) in [5.74, 6) is -0.804. The van der Waals surface area contributed by atoms with E-state index in [2.05, 4.69) is 38.2 Å². The molecule has 0 aliphatic heterocycles. The Morgan fingerprint density at radius 1 is 0.400 bits per heavy atom. The number of esters is 2. The first-order valence-electron chi connectivity index (χ1n) is 32.8. The number of allylic oxidation sites excluding steroid dienone is 4. The predicted octanol–water partition coefficient (Wildman–Crippen LogP) is 21.0. The van der Waals surface area contributed by atoms with Crippen molar-refractivity contribution in [2.75, 3.05) is 26.4 Å². The van der Waals surface area contributed by atoms with Crippen LogP contribution in [0.3, 0.4) is 0 Å². The topological polar surface area (TPSA) is 134 Å². The van der Waals surface area contributed by atoms with Gasteiger partial charge in [-0.05, 0) is 44.9 Å². The van der Waals surface area contributed by atoms with E-state index in [4.69, 9.17) is 24.3 Å². The average Bonchev–Trinajstić information content (AvgIpc) is 3.40. The van der Waals surface area contributed by atoms with E-state index in [0.717, 1.165) is 38.5 Å². The van der Waals surface area contributed by atoms with Gasteiger partial charge in [-0.3, -0.25) is 18.6 Å². The van der Waals surface area contributed by atoms with E-state index in [-0.39, 0.29) is 38.6 Å². The highest BCUT2D eigenvalue weighted by Gasteiger charge is 2.26. The van der Waals surface area contributed by atoms with Gasteiger partial charge in [0.2, 0.25) is 0 Å². The highest BCUT2D eigenvalue weighted by Crippen LogP contribution is 2.43. The van der Waals surface area contributed by atoms with E-state index in [9.17, 15) is 19.0 Å². The predicted molar refractivity (Wildman–Crippen MR) is 321 cm³/mol. The van der Waals surface area contributed by atoms with Crippen LogP contribution in [0.4, 0.5) is 0 Å². The second-order valence-corrected chi connectivity index (χ2v) is 23.8. The Kier molecular flexibility index (Phi) is 60.5. The van der Waals surface area contributed by atoms with Crippen LogP contribution >= 0.6 is 7.82 Å². The van der Waals surface area contributed by atoms with Crippen LogP contribution in [-0.4, -0.2) is 49.3 Å². The zero-order chi connectivity index (χ0) is 54.5. The summed E-state index contributed by atoms with van der Waals surface area (Å²) >= 11 is 0. The van der Waals surface area contributed by atoms with E-state index >= 15 is 0 Å². The fourth-order valence-electron chi connectivity index (χ4n) is 9.97. The summed E-state index contributed by atoms with van der Waals surface area (Å²) in [6.45, 7) is 3.81. The lowest BCUT2D eigenvalue weighted by Gasteiger charge is -2.19. The summed E-state index contributed by atoms with van der Waals surface area (Å²) < 4.78 is 33.1. The maximum atomic E-state index is 12.7. The molecule has 0 aromatic rings. The van der Waals surface area contributed by atoms with Crippen LogP contribution < -0.4 is 5.73 Å². The second-order valence-electron chi connectivity index (χ2n) is 22.3. The van der Waals surface area contributed by atoms with E-state index in [1.807, 2.05) is 0 Å². The van der Waals surface area contributed by atoms with Crippen LogP contribution in [-0.2, 0) is 32.7 Å². The van der Waals surface area contributed by atoms with Gasteiger partial charge in [0.25, 0.3) is 0 Å². The minimum absolute atomic E-state index is 0.0571. The van der Waals surface area contributed by atoms with Crippen LogP contribution in [0.2, 0.25) is 0 Å². The summed E-state index contributed by atoms with van der Waals surface area (Å²) in [7, 11) is -4.38. The molecule has 10 heteroatoms. The van der Waals surface area contributed by atoms with Crippen molar-refractivity contribution >= 4 is 19.8 Å². The Hall–Kier alpha value is -1.51. The number of ether oxygens (including phenoxy) is 2. The summed E-state index contributed by atoms with van der Waals surface area (Å²) in [5, 5.41) is 0. The molecule has 0 radical (unpaired) electrons. The van der Waals surface area contributed by atoms with Gasteiger partial charge in [-0.15, -0.1) is 0 Å². The van der Waals surface area contributed by atoms with Crippen molar-refractivity contribution in [3.63, 3.8) is 0 Å². The fourth-order valence-corrected chi connectivity index (χ4v) is 10.7. The first-order chi connectivity index (χ1) is 36.8. The van der Waals surface area contributed by atoms with Gasteiger partial charge in [-0.25, -0.2) is 4.57 Å². The number of carbonyl (C=O) groups is 2. The Morgan fingerprint density at radius 3 is 1.01 bits per heavy atom. The van der Waals surface area contributed by atoms with E-state index in [1.165, 1.54) is 276 Å². The molecule has 0 amide bonds. The maximum Gasteiger partial charge on any atom is 0.472 e. The van der Waals surface area contributed by atoms with Gasteiger partial charge in [0, 0.05) is 19.4 Å². The van der Waals surface area contributed by atoms with Crippen LogP contribution in [0.5, 0.6) is 0 Å². The van der Waals surface area contributed by atoms with E-state index < -0.39 is 26.5 Å². The lowest BCUT2D eigenvalue weighted by Crippen LogP contribution is -2.29. The smallest absolute Gasteiger partial charge is 0.462 e. The largest absolute Gasteiger partial charge is 0.472 e. The molecule has 0 spiro atoms. The Bertz CT molecular complexity index is 1280. The molecule has 9 nitrogen and oxygen atoms in total. The molecule has 2 atom stereocenters. The third-order valence-electron chi connectivity index (χ3n) is 14.8. The molecule has 75 heavy (non-hydrogen) atoms. The van der Waals surface area contributed by atoms with Crippen molar-refractivity contribution in [1.82, 2.24) is 0 Å². The lowest BCUT2D eigenvalue weighted by molar-refractivity contribution is -0.161. The SMILES string of the molecule is CCCCCCC/C=C\C/C=C\CCCCCCCCCCCCCCCCCCCCCCCC(=O)OC(COC(=O)CCCCCCCCCCCCCCCCCCCCCCC)COP(=O)(O)OCCN. The molecule has 0 heterocycles. The fraction of sp³-hybridized carbons (Fsp3) is 0.908. The van der Waals surface area contributed by atoms with Gasteiger partial charge in [-0.1, -0.05) is 314 Å². The maximum absolute atomic E-state index is 12.7. The molecule has 0 aromatic carbocycles. The monoisotopic (exact) mass is 1080 g/mol. The molecular formula is C65H126NO8P.